The molecule has 2 amide bonds. The minimum atomic E-state index is -0.609. The van der Waals surface area contributed by atoms with Crippen LogP contribution in [0.1, 0.15) is 38.9 Å². The molecule has 8 nitrogen and oxygen atoms in total. The summed E-state index contributed by atoms with van der Waals surface area (Å²) < 4.78 is 7.10. The van der Waals surface area contributed by atoms with Crippen molar-refractivity contribution in [2.75, 3.05) is 13.6 Å². The van der Waals surface area contributed by atoms with Gasteiger partial charge in [-0.3, -0.25) is 14.4 Å². The zero-order valence-corrected chi connectivity index (χ0v) is 19.6. The summed E-state index contributed by atoms with van der Waals surface area (Å²) >= 11 is 0. The van der Waals surface area contributed by atoms with Crippen LogP contribution in [0.4, 0.5) is 0 Å². The minimum Gasteiger partial charge on any atom is -0.356 e. The number of benzene rings is 2. The third-order valence-corrected chi connectivity index (χ3v) is 5.46. The van der Waals surface area contributed by atoms with Crippen LogP contribution in [-0.4, -0.2) is 40.0 Å². The molecule has 0 aliphatic carbocycles. The molecule has 2 aromatic carbocycles. The monoisotopic (exact) mass is 470 g/mol. The number of aromatic nitrogens is 2. The van der Waals surface area contributed by atoms with E-state index in [1.807, 2.05) is 60.7 Å². The maximum Gasteiger partial charge on any atom is 0.259 e. The Morgan fingerprint density at radius 2 is 1.66 bits per heavy atom. The molecule has 2 aromatic heterocycles. The van der Waals surface area contributed by atoms with Crippen LogP contribution < -0.4 is 10.7 Å². The maximum atomic E-state index is 13.3. The van der Waals surface area contributed by atoms with Crippen molar-refractivity contribution in [1.82, 2.24) is 19.9 Å². The fraction of sp³-hybridized carbons (Fsp3) is 0.185. The predicted molar refractivity (Wildman–Crippen MR) is 132 cm³/mol. The van der Waals surface area contributed by atoms with Crippen LogP contribution >= 0.6 is 0 Å². The first-order chi connectivity index (χ1) is 17.0. The minimum absolute atomic E-state index is 0.0742. The largest absolute Gasteiger partial charge is 0.356 e. The lowest BCUT2D eigenvalue weighted by Crippen LogP contribution is -2.36. The molecule has 0 spiro atoms. The van der Waals surface area contributed by atoms with Gasteiger partial charge in [-0.2, -0.15) is 0 Å². The SMILES string of the molecule is CCNC(=O)c1cn(Cc2ccccc2)cc(C(=O)N(C)Cc2cc(-c3ccccc3)on2)c1=O. The predicted octanol–water partition coefficient (Wildman–Crippen LogP) is 3.57. The Morgan fingerprint density at radius 3 is 2.34 bits per heavy atom. The zero-order chi connectivity index (χ0) is 24.8. The number of hydrogen-bond acceptors (Lipinski definition) is 5. The lowest BCUT2D eigenvalue weighted by atomic mass is 10.1. The van der Waals surface area contributed by atoms with Gasteiger partial charge >= 0.3 is 0 Å². The molecule has 35 heavy (non-hydrogen) atoms. The summed E-state index contributed by atoms with van der Waals surface area (Å²) in [6.45, 7) is 2.68. The van der Waals surface area contributed by atoms with Gasteiger partial charge in [-0.1, -0.05) is 65.8 Å². The van der Waals surface area contributed by atoms with Crippen molar-refractivity contribution in [2.45, 2.75) is 20.0 Å². The van der Waals surface area contributed by atoms with Gasteiger partial charge in [0.1, 0.15) is 16.8 Å². The van der Waals surface area contributed by atoms with Crippen molar-refractivity contribution in [2.24, 2.45) is 0 Å². The molecule has 0 aliphatic heterocycles. The molecule has 0 saturated carbocycles. The molecule has 178 valence electrons. The lowest BCUT2D eigenvalue weighted by Gasteiger charge is -2.17. The fourth-order valence-electron chi connectivity index (χ4n) is 3.73. The fourth-order valence-corrected chi connectivity index (χ4v) is 3.73. The van der Waals surface area contributed by atoms with E-state index < -0.39 is 17.2 Å². The second-order valence-corrected chi connectivity index (χ2v) is 8.14. The van der Waals surface area contributed by atoms with Crippen molar-refractivity contribution < 1.29 is 14.1 Å². The zero-order valence-electron chi connectivity index (χ0n) is 19.6. The van der Waals surface area contributed by atoms with Gasteiger partial charge in [-0.15, -0.1) is 0 Å². The molecule has 0 bridgehead atoms. The van der Waals surface area contributed by atoms with E-state index >= 15 is 0 Å². The summed E-state index contributed by atoms with van der Waals surface area (Å²) in [6.07, 6.45) is 2.98. The number of hydrogen-bond donors (Lipinski definition) is 1. The topological polar surface area (TPSA) is 97.4 Å². The first-order valence-electron chi connectivity index (χ1n) is 11.3. The molecular weight excluding hydrogens is 444 g/mol. The van der Waals surface area contributed by atoms with Crippen LogP contribution in [0, 0.1) is 0 Å². The van der Waals surface area contributed by atoms with Crippen molar-refractivity contribution in [3.8, 4) is 11.3 Å². The molecule has 0 fully saturated rings. The number of carbonyl (C=O) groups excluding carboxylic acids is 2. The van der Waals surface area contributed by atoms with E-state index in [0.717, 1.165) is 11.1 Å². The molecule has 2 heterocycles. The van der Waals surface area contributed by atoms with E-state index in [1.54, 1.807) is 24.6 Å². The van der Waals surface area contributed by atoms with Gasteiger partial charge < -0.3 is 19.3 Å². The summed E-state index contributed by atoms with van der Waals surface area (Å²) in [4.78, 5) is 40.4. The van der Waals surface area contributed by atoms with E-state index in [4.69, 9.17) is 4.52 Å². The van der Waals surface area contributed by atoms with Crippen molar-refractivity contribution in [3.05, 3.63) is 112 Å². The number of amides is 2. The number of nitrogens with one attached hydrogen (secondary N) is 1. The highest BCUT2D eigenvalue weighted by molar-refractivity contribution is 5.99. The first kappa shape index (κ1) is 23.7. The Bertz CT molecular complexity index is 1380. The van der Waals surface area contributed by atoms with E-state index in [9.17, 15) is 14.4 Å². The van der Waals surface area contributed by atoms with Crippen LogP contribution in [-0.2, 0) is 13.1 Å². The molecule has 8 heteroatoms. The number of rotatable bonds is 8. The maximum absolute atomic E-state index is 13.3. The van der Waals surface area contributed by atoms with Gasteiger partial charge in [0.25, 0.3) is 11.8 Å². The highest BCUT2D eigenvalue weighted by Gasteiger charge is 2.22. The Labute approximate surface area is 202 Å². The van der Waals surface area contributed by atoms with Crippen LogP contribution in [0.15, 0.2) is 88.4 Å². The van der Waals surface area contributed by atoms with Gasteiger partial charge in [0, 0.05) is 44.2 Å². The Morgan fingerprint density at radius 1 is 1.00 bits per heavy atom. The highest BCUT2D eigenvalue weighted by atomic mass is 16.5. The third-order valence-electron chi connectivity index (χ3n) is 5.46. The van der Waals surface area contributed by atoms with E-state index in [0.29, 0.717) is 24.5 Å². The molecule has 0 atom stereocenters. The van der Waals surface area contributed by atoms with E-state index in [-0.39, 0.29) is 17.7 Å². The van der Waals surface area contributed by atoms with Crippen molar-refractivity contribution >= 4 is 11.8 Å². The van der Waals surface area contributed by atoms with Gasteiger partial charge in [-0.25, -0.2) is 0 Å². The average Bonchev–Trinajstić information content (AvgIpc) is 3.34. The number of nitrogens with zero attached hydrogens (tertiary/aromatic N) is 3. The van der Waals surface area contributed by atoms with E-state index in [1.165, 1.54) is 17.3 Å². The Balaban J connectivity index is 1.61. The molecule has 4 rings (SSSR count). The Hall–Kier alpha value is -4.46. The van der Waals surface area contributed by atoms with Crippen LogP contribution in [0.5, 0.6) is 0 Å². The standard InChI is InChI=1S/C27H26N4O4/c1-3-28-26(33)22-17-31(15-19-10-6-4-7-11-19)18-23(25(22)32)27(34)30(2)16-21-14-24(35-29-21)20-12-8-5-9-13-20/h4-14,17-18H,3,15-16H2,1-2H3,(H,28,33). The smallest absolute Gasteiger partial charge is 0.259 e. The normalized spacial score (nSPS) is 10.7. The summed E-state index contributed by atoms with van der Waals surface area (Å²) in [5.74, 6) is -0.433. The van der Waals surface area contributed by atoms with Gasteiger partial charge in [-0.05, 0) is 12.5 Å². The van der Waals surface area contributed by atoms with Gasteiger partial charge in [0.15, 0.2) is 5.76 Å². The van der Waals surface area contributed by atoms with Crippen molar-refractivity contribution in [1.29, 1.82) is 0 Å². The number of pyridine rings is 1. The molecule has 0 aliphatic rings. The van der Waals surface area contributed by atoms with Crippen LogP contribution in [0.3, 0.4) is 0 Å². The molecule has 1 N–H and O–H groups in total. The van der Waals surface area contributed by atoms with Crippen LogP contribution in [0.25, 0.3) is 11.3 Å². The van der Waals surface area contributed by atoms with Gasteiger partial charge in [0.2, 0.25) is 5.43 Å². The summed E-state index contributed by atoms with van der Waals surface area (Å²) in [5.41, 5.74) is 1.62. The molecule has 0 saturated heterocycles. The highest BCUT2D eigenvalue weighted by Crippen LogP contribution is 2.20. The molecule has 0 unspecified atom stereocenters. The van der Waals surface area contributed by atoms with E-state index in [2.05, 4.69) is 10.5 Å². The van der Waals surface area contributed by atoms with Crippen LogP contribution in [0.2, 0.25) is 0 Å². The summed E-state index contributed by atoms with van der Waals surface area (Å²) in [7, 11) is 1.58. The summed E-state index contributed by atoms with van der Waals surface area (Å²) in [5, 5.41) is 6.71. The number of carbonyl (C=O) groups is 2. The lowest BCUT2D eigenvalue weighted by molar-refractivity contribution is 0.0780. The second kappa shape index (κ2) is 10.6. The third kappa shape index (κ3) is 5.55. The average molecular weight is 471 g/mol. The molecular formula is C27H26N4O4. The molecule has 4 aromatic rings. The molecule has 0 radical (unpaired) electrons. The van der Waals surface area contributed by atoms with Crippen molar-refractivity contribution in [3.63, 3.8) is 0 Å². The second-order valence-electron chi connectivity index (χ2n) is 8.14. The van der Waals surface area contributed by atoms with Gasteiger partial charge in [0.05, 0.1) is 6.54 Å². The summed E-state index contributed by atoms with van der Waals surface area (Å²) in [6, 6.07) is 20.9. The first-order valence-corrected chi connectivity index (χ1v) is 11.3. The quantitative estimate of drug-likeness (QED) is 0.425. The Kier molecular flexibility index (Phi) is 7.21.